The summed E-state index contributed by atoms with van der Waals surface area (Å²) >= 11 is 0. The molecule has 0 saturated carbocycles. The number of rotatable bonds is 3. The van der Waals surface area contributed by atoms with E-state index < -0.39 is 0 Å². The smallest absolute Gasteiger partial charge is 0.410 e. The molecule has 1 heterocycles. The molecule has 4 nitrogen and oxygen atoms in total. The number of methoxy groups -OCH3 is 1. The van der Waals surface area contributed by atoms with Gasteiger partial charge in [0, 0.05) is 7.11 Å². The SMILES string of the molecule is C=CCOC(=O)N1[CH]CC(OC)C1. The van der Waals surface area contributed by atoms with Crippen molar-refractivity contribution in [2.45, 2.75) is 12.5 Å². The second kappa shape index (κ2) is 4.87. The van der Waals surface area contributed by atoms with Crippen LogP contribution in [-0.2, 0) is 9.47 Å². The highest BCUT2D eigenvalue weighted by Gasteiger charge is 2.27. The number of hydrogen-bond donors (Lipinski definition) is 0. The fraction of sp³-hybridized carbons (Fsp3) is 0.556. The topological polar surface area (TPSA) is 38.8 Å². The lowest BCUT2D eigenvalue weighted by Crippen LogP contribution is -2.28. The van der Waals surface area contributed by atoms with E-state index in [4.69, 9.17) is 9.47 Å². The molecular formula is C9H14NO3. The standard InChI is InChI=1S/C9H14NO3/c1-3-6-13-9(11)10-5-4-8(7-10)12-2/h3,5,8H,1,4,6-7H2,2H3. The molecule has 1 unspecified atom stereocenters. The molecular weight excluding hydrogens is 170 g/mol. The molecule has 4 heteroatoms. The summed E-state index contributed by atoms with van der Waals surface area (Å²) in [5.74, 6) is 0. The molecule has 13 heavy (non-hydrogen) atoms. The number of hydrogen-bond acceptors (Lipinski definition) is 3. The highest BCUT2D eigenvalue weighted by atomic mass is 16.6. The average molecular weight is 184 g/mol. The first-order valence-electron chi connectivity index (χ1n) is 4.18. The lowest BCUT2D eigenvalue weighted by atomic mass is 10.3. The van der Waals surface area contributed by atoms with Crippen molar-refractivity contribution < 1.29 is 14.3 Å². The number of nitrogens with zero attached hydrogens (tertiary/aromatic N) is 1. The molecule has 1 radical (unpaired) electrons. The summed E-state index contributed by atoms with van der Waals surface area (Å²) in [6.07, 6.45) is 2.08. The molecule has 1 amide bonds. The summed E-state index contributed by atoms with van der Waals surface area (Å²) in [4.78, 5) is 12.8. The molecule has 0 aliphatic carbocycles. The van der Waals surface area contributed by atoms with Gasteiger partial charge < -0.3 is 14.4 Å². The van der Waals surface area contributed by atoms with Gasteiger partial charge in [0.05, 0.1) is 19.2 Å². The van der Waals surface area contributed by atoms with Crippen molar-refractivity contribution in [1.29, 1.82) is 0 Å². The van der Waals surface area contributed by atoms with Gasteiger partial charge in [-0.25, -0.2) is 4.79 Å². The van der Waals surface area contributed by atoms with Crippen molar-refractivity contribution in [3.63, 3.8) is 0 Å². The Bertz CT molecular complexity index is 193. The van der Waals surface area contributed by atoms with Gasteiger partial charge >= 0.3 is 6.09 Å². The Morgan fingerprint density at radius 3 is 3.15 bits per heavy atom. The zero-order chi connectivity index (χ0) is 9.68. The predicted octanol–water partition coefficient (Wildman–Crippen LogP) is 1.19. The van der Waals surface area contributed by atoms with Crippen LogP contribution in [0.2, 0.25) is 0 Å². The third kappa shape index (κ3) is 2.73. The van der Waals surface area contributed by atoms with Crippen molar-refractivity contribution in [3.8, 4) is 0 Å². The molecule has 0 aromatic rings. The van der Waals surface area contributed by atoms with Crippen molar-refractivity contribution >= 4 is 6.09 Å². The van der Waals surface area contributed by atoms with Gasteiger partial charge in [0.25, 0.3) is 0 Å². The minimum absolute atomic E-state index is 0.108. The number of carbonyl (C=O) groups excluding carboxylic acids is 1. The van der Waals surface area contributed by atoms with Gasteiger partial charge in [-0.2, -0.15) is 0 Å². The average Bonchev–Trinajstić information content (AvgIpc) is 2.62. The summed E-state index contributed by atoms with van der Waals surface area (Å²) < 4.78 is 9.95. The molecule has 73 valence electrons. The van der Waals surface area contributed by atoms with E-state index in [0.29, 0.717) is 6.54 Å². The third-order valence-electron chi connectivity index (χ3n) is 1.88. The van der Waals surface area contributed by atoms with E-state index in [1.165, 1.54) is 4.90 Å². The van der Waals surface area contributed by atoms with E-state index in [1.54, 1.807) is 19.7 Å². The van der Waals surface area contributed by atoms with Gasteiger partial charge in [0.15, 0.2) is 0 Å². The lowest BCUT2D eigenvalue weighted by molar-refractivity contribution is 0.0942. The van der Waals surface area contributed by atoms with E-state index >= 15 is 0 Å². The maximum Gasteiger partial charge on any atom is 0.410 e. The van der Waals surface area contributed by atoms with Crippen LogP contribution in [0.15, 0.2) is 12.7 Å². The van der Waals surface area contributed by atoms with Crippen LogP contribution in [-0.4, -0.2) is 37.4 Å². The molecule has 1 fully saturated rings. The molecule has 1 rings (SSSR count). The Balaban J connectivity index is 2.28. The molecule has 0 N–H and O–H groups in total. The quantitative estimate of drug-likeness (QED) is 0.618. The third-order valence-corrected chi connectivity index (χ3v) is 1.88. The van der Waals surface area contributed by atoms with Gasteiger partial charge in [0.1, 0.15) is 6.61 Å². The van der Waals surface area contributed by atoms with E-state index in [-0.39, 0.29) is 18.8 Å². The van der Waals surface area contributed by atoms with Crippen LogP contribution in [0.4, 0.5) is 4.79 Å². The van der Waals surface area contributed by atoms with Gasteiger partial charge in [-0.05, 0) is 6.42 Å². The number of likely N-dealkylation sites (tertiary alicyclic amines) is 1. The molecule has 1 atom stereocenters. The van der Waals surface area contributed by atoms with Crippen LogP contribution >= 0.6 is 0 Å². The van der Waals surface area contributed by atoms with Crippen molar-refractivity contribution in [2.75, 3.05) is 20.3 Å². The van der Waals surface area contributed by atoms with E-state index in [0.717, 1.165) is 6.42 Å². The molecule has 1 saturated heterocycles. The Kier molecular flexibility index (Phi) is 3.76. The van der Waals surface area contributed by atoms with Crippen molar-refractivity contribution in [3.05, 3.63) is 19.2 Å². The highest BCUT2D eigenvalue weighted by Crippen LogP contribution is 2.16. The fourth-order valence-electron chi connectivity index (χ4n) is 1.15. The fourth-order valence-corrected chi connectivity index (χ4v) is 1.15. The molecule has 1 aliphatic heterocycles. The van der Waals surface area contributed by atoms with Crippen LogP contribution in [0.1, 0.15) is 6.42 Å². The van der Waals surface area contributed by atoms with Gasteiger partial charge in [-0.3, -0.25) is 0 Å². The molecule has 1 aliphatic rings. The number of ether oxygens (including phenoxy) is 2. The number of amides is 1. The largest absolute Gasteiger partial charge is 0.445 e. The summed E-state index contributed by atoms with van der Waals surface area (Å²) in [6, 6.07) is 0. The Morgan fingerprint density at radius 1 is 1.85 bits per heavy atom. The predicted molar refractivity (Wildman–Crippen MR) is 48.0 cm³/mol. The zero-order valence-corrected chi connectivity index (χ0v) is 7.73. The first-order valence-corrected chi connectivity index (χ1v) is 4.18. The molecule has 0 aromatic carbocycles. The maximum absolute atomic E-state index is 11.2. The Labute approximate surface area is 78.1 Å². The summed E-state index contributed by atoms with van der Waals surface area (Å²) in [7, 11) is 1.64. The van der Waals surface area contributed by atoms with E-state index in [9.17, 15) is 4.79 Å². The zero-order valence-electron chi connectivity index (χ0n) is 7.73. The minimum atomic E-state index is -0.334. The normalized spacial score (nSPS) is 21.6. The van der Waals surface area contributed by atoms with E-state index in [2.05, 4.69) is 6.58 Å². The second-order valence-corrected chi connectivity index (χ2v) is 2.79. The van der Waals surface area contributed by atoms with Crippen molar-refractivity contribution in [1.82, 2.24) is 4.90 Å². The minimum Gasteiger partial charge on any atom is -0.445 e. The highest BCUT2D eigenvalue weighted by molar-refractivity contribution is 5.69. The molecule has 0 aromatic heterocycles. The van der Waals surface area contributed by atoms with Crippen molar-refractivity contribution in [2.24, 2.45) is 0 Å². The van der Waals surface area contributed by atoms with Gasteiger partial charge in [-0.1, -0.05) is 12.7 Å². The summed E-state index contributed by atoms with van der Waals surface area (Å²) in [5, 5.41) is 0. The molecule has 0 bridgehead atoms. The second-order valence-electron chi connectivity index (χ2n) is 2.79. The Hall–Kier alpha value is -1.03. The number of carbonyl (C=O) groups is 1. The first-order chi connectivity index (χ1) is 6.27. The van der Waals surface area contributed by atoms with Crippen LogP contribution < -0.4 is 0 Å². The van der Waals surface area contributed by atoms with Crippen LogP contribution in [0, 0.1) is 6.54 Å². The lowest BCUT2D eigenvalue weighted by Gasteiger charge is -2.14. The van der Waals surface area contributed by atoms with Gasteiger partial charge in [-0.15, -0.1) is 0 Å². The Morgan fingerprint density at radius 2 is 2.62 bits per heavy atom. The first kappa shape index (κ1) is 10.1. The van der Waals surface area contributed by atoms with Crippen LogP contribution in [0.3, 0.4) is 0 Å². The molecule has 0 spiro atoms. The maximum atomic E-state index is 11.2. The summed E-state index contributed by atoms with van der Waals surface area (Å²) in [5.41, 5.74) is 0. The summed E-state index contributed by atoms with van der Waals surface area (Å²) in [6.45, 7) is 6.08. The van der Waals surface area contributed by atoms with Crippen LogP contribution in [0.25, 0.3) is 0 Å². The van der Waals surface area contributed by atoms with E-state index in [1.807, 2.05) is 0 Å². The monoisotopic (exact) mass is 184 g/mol. The van der Waals surface area contributed by atoms with Crippen LogP contribution in [0.5, 0.6) is 0 Å². The van der Waals surface area contributed by atoms with Gasteiger partial charge in [0.2, 0.25) is 0 Å².